The van der Waals surface area contributed by atoms with Gasteiger partial charge in [0, 0.05) is 37.5 Å². The van der Waals surface area contributed by atoms with E-state index in [0.29, 0.717) is 19.5 Å². The van der Waals surface area contributed by atoms with Crippen LogP contribution in [-0.2, 0) is 21.2 Å². The van der Waals surface area contributed by atoms with Crippen LogP contribution in [0.3, 0.4) is 0 Å². The van der Waals surface area contributed by atoms with Gasteiger partial charge in [-0.1, -0.05) is 29.8 Å². The molecule has 0 unspecified atom stereocenters. The van der Waals surface area contributed by atoms with Gasteiger partial charge < -0.3 is 5.32 Å². The highest BCUT2D eigenvalue weighted by molar-refractivity contribution is 7.92. The lowest BCUT2D eigenvalue weighted by atomic mass is 9.87. The first-order chi connectivity index (χ1) is 11.8. The Morgan fingerprint density at radius 2 is 1.92 bits per heavy atom. The summed E-state index contributed by atoms with van der Waals surface area (Å²) in [5.74, 6) is -0.151. The molecule has 3 atom stereocenters. The summed E-state index contributed by atoms with van der Waals surface area (Å²) in [5, 5.41) is 2.56. The predicted octanol–water partition coefficient (Wildman–Crippen LogP) is 1.75. The molecule has 1 aromatic carbocycles. The zero-order chi connectivity index (χ0) is 18.2. The number of carbonyl (C=O) groups excluding carboxylic acids is 1. The fourth-order valence-corrected chi connectivity index (χ4v) is 6.23. The highest BCUT2D eigenvalue weighted by Crippen LogP contribution is 2.37. The summed E-state index contributed by atoms with van der Waals surface area (Å²) in [4.78, 5) is 14.7. The van der Waals surface area contributed by atoms with Gasteiger partial charge in [-0.15, -0.1) is 0 Å². The van der Waals surface area contributed by atoms with Crippen molar-refractivity contribution in [1.29, 1.82) is 0 Å². The average molecular weight is 365 g/mol. The van der Waals surface area contributed by atoms with Crippen molar-refractivity contribution in [1.82, 2.24) is 10.2 Å². The lowest BCUT2D eigenvalue weighted by Gasteiger charge is -2.32. The fourth-order valence-electron chi connectivity index (χ4n) is 4.10. The highest BCUT2D eigenvalue weighted by Gasteiger charge is 2.50. The minimum absolute atomic E-state index is 0.0112. The molecule has 0 saturated carbocycles. The number of nitrogens with one attached hydrogen (secondary N) is 1. The van der Waals surface area contributed by atoms with Crippen LogP contribution in [-0.4, -0.2) is 49.4 Å². The second kappa shape index (κ2) is 7.08. The van der Waals surface area contributed by atoms with Crippen LogP contribution in [0.25, 0.3) is 0 Å². The number of aryl methyl sites for hydroxylation is 1. The van der Waals surface area contributed by atoms with Crippen molar-refractivity contribution >= 4 is 15.7 Å². The molecule has 2 aliphatic rings. The molecule has 1 amide bonds. The largest absolute Gasteiger partial charge is 0.354 e. The van der Waals surface area contributed by atoms with Gasteiger partial charge in [-0.05, 0) is 32.8 Å². The first-order valence-corrected chi connectivity index (χ1v) is 10.8. The molecule has 2 aliphatic heterocycles. The number of benzene rings is 1. The van der Waals surface area contributed by atoms with E-state index in [1.165, 1.54) is 11.1 Å². The molecule has 1 N–H and O–H groups in total. The Bertz CT molecular complexity index is 728. The summed E-state index contributed by atoms with van der Waals surface area (Å²) in [6.45, 7) is 7.88. The summed E-state index contributed by atoms with van der Waals surface area (Å²) in [7, 11) is -3.11. The van der Waals surface area contributed by atoms with Gasteiger partial charge in [-0.2, -0.15) is 0 Å². The average Bonchev–Trinajstić information content (AvgIpc) is 2.94. The van der Waals surface area contributed by atoms with E-state index in [-0.39, 0.29) is 29.5 Å². The standard InChI is InChI=1S/C19H28N2O3S/c1-13(2)20-19(22)16-8-9-25(23,24)18-12-21(11-17(16)18)10-15-6-4-14(3)5-7-15/h4-7,13,16-18H,8-12H2,1-3H3,(H,20,22)/t16-,17+,18+/m0/s1. The van der Waals surface area contributed by atoms with Crippen molar-refractivity contribution in [3.63, 3.8) is 0 Å². The number of hydrogen-bond acceptors (Lipinski definition) is 4. The molecule has 3 rings (SSSR count). The molecule has 2 saturated heterocycles. The number of sulfone groups is 1. The third kappa shape index (κ3) is 4.06. The van der Waals surface area contributed by atoms with Crippen LogP contribution < -0.4 is 5.32 Å². The van der Waals surface area contributed by atoms with Crippen LogP contribution in [0.4, 0.5) is 0 Å². The van der Waals surface area contributed by atoms with Gasteiger partial charge in [0.2, 0.25) is 5.91 Å². The Balaban J connectivity index is 1.75. The zero-order valence-electron chi connectivity index (χ0n) is 15.2. The van der Waals surface area contributed by atoms with E-state index < -0.39 is 15.1 Å². The Labute approximate surface area is 150 Å². The molecule has 0 aliphatic carbocycles. The monoisotopic (exact) mass is 364 g/mol. The van der Waals surface area contributed by atoms with E-state index >= 15 is 0 Å². The van der Waals surface area contributed by atoms with Gasteiger partial charge in [0.1, 0.15) is 0 Å². The molecule has 25 heavy (non-hydrogen) atoms. The normalized spacial score (nSPS) is 28.7. The Kier molecular flexibility index (Phi) is 5.21. The minimum atomic E-state index is -3.11. The van der Waals surface area contributed by atoms with Gasteiger partial charge in [-0.25, -0.2) is 8.42 Å². The summed E-state index contributed by atoms with van der Waals surface area (Å²) < 4.78 is 25.1. The SMILES string of the molecule is Cc1ccc(CN2C[C@@H]3[C@@H](C(=O)NC(C)C)CCS(=O)(=O)[C@@H]3C2)cc1. The van der Waals surface area contributed by atoms with Crippen LogP contribution in [0.1, 0.15) is 31.4 Å². The van der Waals surface area contributed by atoms with Gasteiger partial charge in [0.05, 0.1) is 11.0 Å². The summed E-state index contributed by atoms with van der Waals surface area (Å²) in [6.07, 6.45) is 0.445. The number of amides is 1. The van der Waals surface area contributed by atoms with Gasteiger partial charge >= 0.3 is 0 Å². The van der Waals surface area contributed by atoms with E-state index in [1.807, 2.05) is 13.8 Å². The van der Waals surface area contributed by atoms with Crippen LogP contribution in [0.5, 0.6) is 0 Å². The van der Waals surface area contributed by atoms with Crippen LogP contribution in [0.2, 0.25) is 0 Å². The molecule has 0 bridgehead atoms. The number of hydrogen-bond donors (Lipinski definition) is 1. The van der Waals surface area contributed by atoms with E-state index in [9.17, 15) is 13.2 Å². The lowest BCUT2D eigenvalue weighted by Crippen LogP contribution is -2.48. The Morgan fingerprint density at radius 3 is 2.56 bits per heavy atom. The van der Waals surface area contributed by atoms with Gasteiger partial charge in [-0.3, -0.25) is 9.69 Å². The molecule has 138 valence electrons. The second-order valence-electron chi connectivity index (χ2n) is 7.81. The first kappa shape index (κ1) is 18.4. The molecule has 2 heterocycles. The smallest absolute Gasteiger partial charge is 0.223 e. The molecule has 6 heteroatoms. The molecule has 0 aromatic heterocycles. The van der Waals surface area contributed by atoms with E-state index in [0.717, 1.165) is 6.54 Å². The molecular formula is C19H28N2O3S. The topological polar surface area (TPSA) is 66.5 Å². The van der Waals surface area contributed by atoms with Crippen LogP contribution in [0, 0.1) is 18.8 Å². The molecule has 1 aromatic rings. The Hall–Kier alpha value is -1.40. The molecule has 2 fully saturated rings. The van der Waals surface area contributed by atoms with Crippen molar-refractivity contribution in [2.24, 2.45) is 11.8 Å². The van der Waals surface area contributed by atoms with Crippen molar-refractivity contribution in [3.8, 4) is 0 Å². The molecule has 0 radical (unpaired) electrons. The third-order valence-corrected chi connectivity index (χ3v) is 7.60. The molecular weight excluding hydrogens is 336 g/mol. The third-order valence-electron chi connectivity index (χ3n) is 5.37. The predicted molar refractivity (Wildman–Crippen MR) is 98.9 cm³/mol. The summed E-state index contributed by atoms with van der Waals surface area (Å²) in [5.41, 5.74) is 2.40. The number of likely N-dealkylation sites (tertiary alicyclic amines) is 1. The number of fused-ring (bicyclic) bond motifs is 1. The first-order valence-electron chi connectivity index (χ1n) is 9.06. The lowest BCUT2D eigenvalue weighted by molar-refractivity contribution is -0.127. The molecule has 5 nitrogen and oxygen atoms in total. The quantitative estimate of drug-likeness (QED) is 0.884. The van der Waals surface area contributed by atoms with Crippen molar-refractivity contribution in [2.45, 2.75) is 45.0 Å². The highest BCUT2D eigenvalue weighted by atomic mass is 32.2. The maximum Gasteiger partial charge on any atom is 0.223 e. The number of rotatable bonds is 4. The maximum atomic E-state index is 12.5. The number of carbonyl (C=O) groups is 1. The van der Waals surface area contributed by atoms with Crippen LogP contribution >= 0.6 is 0 Å². The fraction of sp³-hybridized carbons (Fsp3) is 0.632. The van der Waals surface area contributed by atoms with E-state index in [1.54, 1.807) is 0 Å². The van der Waals surface area contributed by atoms with Gasteiger partial charge in [0.15, 0.2) is 9.84 Å². The summed E-state index contributed by atoms with van der Waals surface area (Å²) >= 11 is 0. The number of nitrogens with zero attached hydrogens (tertiary/aromatic N) is 1. The van der Waals surface area contributed by atoms with Gasteiger partial charge in [0.25, 0.3) is 0 Å². The van der Waals surface area contributed by atoms with Crippen molar-refractivity contribution in [3.05, 3.63) is 35.4 Å². The maximum absolute atomic E-state index is 12.5. The molecule has 0 spiro atoms. The second-order valence-corrected chi connectivity index (χ2v) is 10.1. The van der Waals surface area contributed by atoms with E-state index in [2.05, 4.69) is 41.4 Å². The zero-order valence-corrected chi connectivity index (χ0v) is 16.1. The summed E-state index contributed by atoms with van der Waals surface area (Å²) in [6, 6.07) is 8.42. The Morgan fingerprint density at radius 1 is 1.24 bits per heavy atom. The van der Waals surface area contributed by atoms with Crippen LogP contribution in [0.15, 0.2) is 24.3 Å². The minimum Gasteiger partial charge on any atom is -0.354 e. The van der Waals surface area contributed by atoms with Crippen molar-refractivity contribution < 1.29 is 13.2 Å². The van der Waals surface area contributed by atoms with E-state index in [4.69, 9.17) is 0 Å². The van der Waals surface area contributed by atoms with Crippen molar-refractivity contribution in [2.75, 3.05) is 18.8 Å².